The van der Waals surface area contributed by atoms with Crippen LogP contribution in [0.5, 0.6) is 0 Å². The van der Waals surface area contributed by atoms with E-state index in [0.29, 0.717) is 5.75 Å². The van der Waals surface area contributed by atoms with E-state index in [0.717, 1.165) is 11.3 Å². The summed E-state index contributed by atoms with van der Waals surface area (Å²) in [6.07, 6.45) is 0. The number of esters is 1. The lowest BCUT2D eigenvalue weighted by Gasteiger charge is -2.11. The molecule has 0 fully saturated rings. The average Bonchev–Trinajstić information content (AvgIpc) is 2.54. The summed E-state index contributed by atoms with van der Waals surface area (Å²) in [5, 5.41) is 0. The zero-order valence-electron chi connectivity index (χ0n) is 11.8. The number of ether oxygens (including phenoxy) is 1. The normalized spacial score (nSPS) is 11.9. The van der Waals surface area contributed by atoms with Crippen molar-refractivity contribution in [2.24, 2.45) is 5.73 Å². The van der Waals surface area contributed by atoms with Crippen molar-refractivity contribution in [1.29, 1.82) is 0 Å². The summed E-state index contributed by atoms with van der Waals surface area (Å²) >= 11 is 1.64. The van der Waals surface area contributed by atoms with Crippen LogP contribution in [0.25, 0.3) is 0 Å². The van der Waals surface area contributed by atoms with Crippen molar-refractivity contribution < 1.29 is 9.53 Å². The topological polar surface area (TPSA) is 52.3 Å². The highest BCUT2D eigenvalue weighted by atomic mass is 32.2. The number of hydrogen-bond acceptors (Lipinski definition) is 4. The number of hydrogen-bond donors (Lipinski definition) is 1. The maximum Gasteiger partial charge on any atom is 0.324 e. The Bertz CT molecular complexity index is 545. The van der Waals surface area contributed by atoms with E-state index in [1.807, 2.05) is 48.5 Å². The third kappa shape index (κ3) is 5.61. The van der Waals surface area contributed by atoms with Crippen LogP contribution in [0, 0.1) is 0 Å². The van der Waals surface area contributed by atoms with Crippen molar-refractivity contribution in [2.45, 2.75) is 18.4 Å². The van der Waals surface area contributed by atoms with Crippen molar-refractivity contribution in [3.8, 4) is 0 Å². The smallest absolute Gasteiger partial charge is 0.324 e. The Labute approximate surface area is 129 Å². The van der Waals surface area contributed by atoms with Gasteiger partial charge in [-0.05, 0) is 11.1 Å². The van der Waals surface area contributed by atoms with E-state index in [2.05, 4.69) is 12.1 Å². The Morgan fingerprint density at radius 3 is 2.19 bits per heavy atom. The van der Waals surface area contributed by atoms with Crippen molar-refractivity contribution in [1.82, 2.24) is 0 Å². The highest BCUT2D eigenvalue weighted by Crippen LogP contribution is 2.13. The number of carbonyl (C=O) groups is 1. The predicted molar refractivity (Wildman–Crippen MR) is 86.8 cm³/mol. The van der Waals surface area contributed by atoms with Crippen LogP contribution in [-0.2, 0) is 21.9 Å². The summed E-state index contributed by atoms with van der Waals surface area (Å²) in [4.78, 5) is 11.8. The van der Waals surface area contributed by atoms with Crippen LogP contribution in [0.4, 0.5) is 0 Å². The fourth-order valence-corrected chi connectivity index (χ4v) is 2.72. The summed E-state index contributed by atoms with van der Waals surface area (Å²) in [5.74, 6) is 1.06. The summed E-state index contributed by atoms with van der Waals surface area (Å²) in [7, 11) is 0. The predicted octanol–water partition coefficient (Wildman–Crippen LogP) is 2.99. The summed E-state index contributed by atoms with van der Waals surface area (Å²) in [6.45, 7) is 0.275. The van der Waals surface area contributed by atoms with Gasteiger partial charge in [-0.3, -0.25) is 4.79 Å². The molecule has 4 heteroatoms. The second-order valence-electron chi connectivity index (χ2n) is 4.70. The van der Waals surface area contributed by atoms with Gasteiger partial charge in [0.1, 0.15) is 12.6 Å². The maximum absolute atomic E-state index is 11.8. The summed E-state index contributed by atoms with van der Waals surface area (Å²) in [5.41, 5.74) is 8.05. The Kier molecular flexibility index (Phi) is 6.31. The largest absolute Gasteiger partial charge is 0.460 e. The van der Waals surface area contributed by atoms with E-state index in [-0.39, 0.29) is 12.6 Å². The fraction of sp³-hybridized carbons (Fsp3) is 0.235. The molecule has 0 heterocycles. The lowest BCUT2D eigenvalue weighted by atomic mass is 10.2. The number of nitrogens with two attached hydrogens (primary N) is 1. The molecule has 0 unspecified atom stereocenters. The summed E-state index contributed by atoms with van der Waals surface area (Å²) < 4.78 is 5.22. The standard InChI is InChI=1S/C17H19NO2S/c18-16(13-21-12-15-9-5-2-6-10-15)17(19)20-11-14-7-3-1-4-8-14/h1-10,16H,11-13,18H2/t16-/m1/s1. The SMILES string of the molecule is N[C@H](CSCc1ccccc1)C(=O)OCc1ccccc1. The van der Waals surface area contributed by atoms with E-state index >= 15 is 0 Å². The molecule has 0 aliphatic carbocycles. The Balaban J connectivity index is 1.68. The molecule has 2 aromatic carbocycles. The minimum atomic E-state index is -0.581. The van der Waals surface area contributed by atoms with Gasteiger partial charge in [0.05, 0.1) is 0 Å². The van der Waals surface area contributed by atoms with Gasteiger partial charge in [-0.25, -0.2) is 0 Å². The lowest BCUT2D eigenvalue weighted by Crippen LogP contribution is -2.34. The fourth-order valence-electron chi connectivity index (χ4n) is 1.78. The average molecular weight is 301 g/mol. The van der Waals surface area contributed by atoms with Gasteiger partial charge in [0.2, 0.25) is 0 Å². The van der Waals surface area contributed by atoms with Crippen LogP contribution in [-0.4, -0.2) is 17.8 Å². The van der Waals surface area contributed by atoms with E-state index in [4.69, 9.17) is 10.5 Å². The first kappa shape index (κ1) is 15.6. The molecule has 0 bridgehead atoms. The number of rotatable bonds is 7. The van der Waals surface area contributed by atoms with Gasteiger partial charge >= 0.3 is 5.97 Å². The van der Waals surface area contributed by atoms with Crippen molar-refractivity contribution in [2.75, 3.05) is 5.75 Å². The minimum absolute atomic E-state index is 0.275. The molecule has 2 N–H and O–H groups in total. The van der Waals surface area contributed by atoms with Crippen LogP contribution in [0.2, 0.25) is 0 Å². The highest BCUT2D eigenvalue weighted by molar-refractivity contribution is 7.98. The number of thioether (sulfide) groups is 1. The van der Waals surface area contributed by atoms with Gasteiger partial charge in [-0.2, -0.15) is 11.8 Å². The number of carbonyl (C=O) groups excluding carboxylic acids is 1. The molecule has 2 rings (SSSR count). The first-order valence-corrected chi connectivity index (χ1v) is 7.99. The second-order valence-corrected chi connectivity index (χ2v) is 5.73. The van der Waals surface area contributed by atoms with Crippen LogP contribution in [0.1, 0.15) is 11.1 Å². The monoisotopic (exact) mass is 301 g/mol. The molecule has 0 amide bonds. The third-order valence-corrected chi connectivity index (χ3v) is 4.07. The first-order valence-electron chi connectivity index (χ1n) is 6.83. The molecule has 0 aromatic heterocycles. The van der Waals surface area contributed by atoms with Gasteiger partial charge in [-0.15, -0.1) is 0 Å². The van der Waals surface area contributed by atoms with Gasteiger partial charge in [0.25, 0.3) is 0 Å². The molecule has 0 aliphatic rings. The van der Waals surface area contributed by atoms with Gasteiger partial charge in [0, 0.05) is 11.5 Å². The van der Waals surface area contributed by atoms with Gasteiger partial charge in [0.15, 0.2) is 0 Å². The molecule has 2 aromatic rings. The van der Waals surface area contributed by atoms with Crippen LogP contribution in [0.3, 0.4) is 0 Å². The highest BCUT2D eigenvalue weighted by Gasteiger charge is 2.15. The molecular formula is C17H19NO2S. The van der Waals surface area contributed by atoms with Gasteiger partial charge in [-0.1, -0.05) is 60.7 Å². The van der Waals surface area contributed by atoms with Crippen LogP contribution >= 0.6 is 11.8 Å². The molecule has 0 radical (unpaired) electrons. The number of benzene rings is 2. The van der Waals surface area contributed by atoms with Crippen LogP contribution in [0.15, 0.2) is 60.7 Å². The molecule has 110 valence electrons. The Morgan fingerprint density at radius 1 is 1.00 bits per heavy atom. The van der Waals surface area contributed by atoms with E-state index < -0.39 is 6.04 Å². The maximum atomic E-state index is 11.8. The molecular weight excluding hydrogens is 282 g/mol. The molecule has 0 saturated carbocycles. The van der Waals surface area contributed by atoms with E-state index in [1.54, 1.807) is 11.8 Å². The van der Waals surface area contributed by atoms with E-state index in [9.17, 15) is 4.79 Å². The molecule has 0 aliphatic heterocycles. The summed E-state index contributed by atoms with van der Waals surface area (Å²) in [6, 6.07) is 19.1. The molecule has 3 nitrogen and oxygen atoms in total. The first-order chi connectivity index (χ1) is 10.3. The zero-order valence-corrected chi connectivity index (χ0v) is 12.6. The zero-order chi connectivity index (χ0) is 14.9. The second kappa shape index (κ2) is 8.49. The van der Waals surface area contributed by atoms with Crippen molar-refractivity contribution in [3.63, 3.8) is 0 Å². The quantitative estimate of drug-likeness (QED) is 0.799. The van der Waals surface area contributed by atoms with Crippen LogP contribution < -0.4 is 5.73 Å². The molecule has 1 atom stereocenters. The van der Waals surface area contributed by atoms with Crippen molar-refractivity contribution >= 4 is 17.7 Å². The molecule has 0 spiro atoms. The van der Waals surface area contributed by atoms with Gasteiger partial charge < -0.3 is 10.5 Å². The molecule has 0 saturated heterocycles. The molecule has 21 heavy (non-hydrogen) atoms. The third-order valence-electron chi connectivity index (χ3n) is 2.94. The lowest BCUT2D eigenvalue weighted by molar-refractivity contribution is -0.145. The Hall–Kier alpha value is -1.78. The van der Waals surface area contributed by atoms with E-state index in [1.165, 1.54) is 5.56 Å². The van der Waals surface area contributed by atoms with Crippen molar-refractivity contribution in [3.05, 3.63) is 71.8 Å². The minimum Gasteiger partial charge on any atom is -0.460 e. The Morgan fingerprint density at radius 2 is 1.57 bits per heavy atom.